The molecule has 0 radical (unpaired) electrons. The van der Waals surface area contributed by atoms with Gasteiger partial charge in [0.25, 0.3) is 0 Å². The minimum absolute atomic E-state index is 0.0664. The van der Waals surface area contributed by atoms with E-state index >= 15 is 0 Å². The van der Waals surface area contributed by atoms with E-state index in [1.165, 1.54) is 18.3 Å². The molecule has 11 heteroatoms. The topological polar surface area (TPSA) is 85.3 Å². The van der Waals surface area contributed by atoms with Crippen LogP contribution in [0.2, 0.25) is 0 Å². The number of rotatable bonds is 7. The highest BCUT2D eigenvalue weighted by atomic mass is 19.4. The fraction of sp³-hybridized carbons (Fsp3) is 0.333. The minimum atomic E-state index is -4.57. The molecule has 0 fully saturated rings. The van der Waals surface area contributed by atoms with Crippen LogP contribution in [0.15, 0.2) is 48.7 Å². The van der Waals surface area contributed by atoms with E-state index in [0.717, 1.165) is 29.7 Å². The first-order valence-electron chi connectivity index (χ1n) is 12.2. The molecule has 198 valence electrons. The van der Waals surface area contributed by atoms with E-state index in [1.54, 1.807) is 6.07 Å². The van der Waals surface area contributed by atoms with Gasteiger partial charge in [-0.3, -0.25) is 4.98 Å². The highest BCUT2D eigenvalue weighted by Gasteiger charge is 2.34. The summed E-state index contributed by atoms with van der Waals surface area (Å²) in [5.74, 6) is 1.94. The Bertz CT molecular complexity index is 1460. The van der Waals surface area contributed by atoms with Crippen molar-refractivity contribution in [2.45, 2.75) is 26.6 Å². The largest absolute Gasteiger partial charge is 0.490 e. The Hall–Kier alpha value is -3.99. The summed E-state index contributed by atoms with van der Waals surface area (Å²) in [6.07, 6.45) is -3.26. The van der Waals surface area contributed by atoms with Gasteiger partial charge in [0.1, 0.15) is 30.5 Å². The molecule has 1 aliphatic rings. The Kier molecular flexibility index (Phi) is 7.02. The zero-order valence-electron chi connectivity index (χ0n) is 21.2. The molecule has 1 aromatic carbocycles. The number of halogens is 3. The molecule has 1 aliphatic heterocycles. The molecule has 3 aromatic heterocycles. The van der Waals surface area contributed by atoms with E-state index in [-0.39, 0.29) is 23.6 Å². The molecular weight excluding hydrogens is 497 g/mol. The van der Waals surface area contributed by atoms with Crippen LogP contribution >= 0.6 is 0 Å². The molecule has 0 unspecified atom stereocenters. The second kappa shape index (κ2) is 10.4. The molecule has 4 heterocycles. The fourth-order valence-electron chi connectivity index (χ4n) is 4.14. The number of benzene rings is 1. The zero-order valence-corrected chi connectivity index (χ0v) is 21.2. The summed E-state index contributed by atoms with van der Waals surface area (Å²) in [7, 11) is 1.99. The molecule has 0 saturated carbocycles. The second-order valence-corrected chi connectivity index (χ2v) is 9.44. The number of hydrogen-bond donors (Lipinski definition) is 1. The van der Waals surface area contributed by atoms with Crippen LogP contribution in [0.5, 0.6) is 5.75 Å². The SMILES string of the molecule is CC(C)COCc1nc(Nc2ccc3c(c2)N(C)CCO3)c2ccc(-c3ncccc3C(F)(F)F)nc2n1. The lowest BCUT2D eigenvalue weighted by atomic mass is 10.1. The quantitative estimate of drug-likeness (QED) is 0.322. The minimum Gasteiger partial charge on any atom is -0.490 e. The Morgan fingerprint density at radius 3 is 2.74 bits per heavy atom. The van der Waals surface area contributed by atoms with Gasteiger partial charge in [-0.05, 0) is 48.4 Å². The van der Waals surface area contributed by atoms with E-state index in [9.17, 15) is 13.2 Å². The van der Waals surface area contributed by atoms with Gasteiger partial charge in [0.05, 0.1) is 28.9 Å². The molecule has 4 aromatic rings. The van der Waals surface area contributed by atoms with Crippen molar-refractivity contribution in [1.29, 1.82) is 0 Å². The van der Waals surface area contributed by atoms with E-state index < -0.39 is 11.7 Å². The highest BCUT2D eigenvalue weighted by molar-refractivity contribution is 5.90. The van der Waals surface area contributed by atoms with Gasteiger partial charge in [0.15, 0.2) is 11.5 Å². The van der Waals surface area contributed by atoms with Crippen LogP contribution in [-0.2, 0) is 17.5 Å². The number of hydrogen-bond acceptors (Lipinski definition) is 8. The van der Waals surface area contributed by atoms with Crippen molar-refractivity contribution in [1.82, 2.24) is 19.9 Å². The Morgan fingerprint density at radius 1 is 1.11 bits per heavy atom. The first-order chi connectivity index (χ1) is 18.2. The van der Waals surface area contributed by atoms with Crippen LogP contribution in [0.4, 0.5) is 30.4 Å². The van der Waals surface area contributed by atoms with Crippen molar-refractivity contribution in [3.8, 4) is 17.1 Å². The maximum Gasteiger partial charge on any atom is 0.418 e. The number of anilines is 3. The molecule has 1 N–H and O–H groups in total. The number of ether oxygens (including phenoxy) is 2. The third-order valence-corrected chi connectivity index (χ3v) is 5.96. The van der Waals surface area contributed by atoms with Crippen LogP contribution in [0.1, 0.15) is 25.2 Å². The molecule has 8 nitrogen and oxygen atoms in total. The van der Waals surface area contributed by atoms with Crippen molar-refractivity contribution in [3.05, 3.63) is 60.0 Å². The van der Waals surface area contributed by atoms with Gasteiger partial charge in [0.2, 0.25) is 0 Å². The first-order valence-corrected chi connectivity index (χ1v) is 12.2. The number of nitrogens with one attached hydrogen (secondary N) is 1. The molecular formula is C27H27F3N6O2. The Labute approximate surface area is 217 Å². The van der Waals surface area contributed by atoms with Crippen molar-refractivity contribution in [3.63, 3.8) is 0 Å². The number of likely N-dealkylation sites (N-methyl/N-ethyl adjacent to an activating group) is 1. The smallest absolute Gasteiger partial charge is 0.418 e. The van der Waals surface area contributed by atoms with Crippen LogP contribution in [0.3, 0.4) is 0 Å². The van der Waals surface area contributed by atoms with Crippen LogP contribution in [0.25, 0.3) is 22.4 Å². The summed E-state index contributed by atoms with van der Waals surface area (Å²) in [6.45, 7) is 6.09. The van der Waals surface area contributed by atoms with Gasteiger partial charge < -0.3 is 19.7 Å². The summed E-state index contributed by atoms with van der Waals surface area (Å²) in [6, 6.07) is 11.1. The van der Waals surface area contributed by atoms with Crippen molar-refractivity contribution >= 4 is 28.2 Å². The maximum atomic E-state index is 13.6. The average molecular weight is 525 g/mol. The molecule has 0 bridgehead atoms. The third kappa shape index (κ3) is 5.47. The van der Waals surface area contributed by atoms with Crippen LogP contribution < -0.4 is 15.0 Å². The van der Waals surface area contributed by atoms with Gasteiger partial charge in [-0.15, -0.1) is 0 Å². The summed E-state index contributed by atoms with van der Waals surface area (Å²) in [5, 5.41) is 3.88. The lowest BCUT2D eigenvalue weighted by Gasteiger charge is -2.28. The van der Waals surface area contributed by atoms with Crippen molar-refractivity contribution in [2.75, 3.05) is 37.0 Å². The van der Waals surface area contributed by atoms with Crippen molar-refractivity contribution < 1.29 is 22.6 Å². The molecule has 38 heavy (non-hydrogen) atoms. The predicted molar refractivity (Wildman–Crippen MR) is 139 cm³/mol. The lowest BCUT2D eigenvalue weighted by molar-refractivity contribution is -0.137. The summed E-state index contributed by atoms with van der Waals surface area (Å²) in [5.41, 5.74) is 0.890. The van der Waals surface area contributed by atoms with Gasteiger partial charge in [-0.1, -0.05) is 13.8 Å². The zero-order chi connectivity index (χ0) is 26.9. The summed E-state index contributed by atoms with van der Waals surface area (Å²) >= 11 is 0. The molecule has 0 saturated heterocycles. The summed E-state index contributed by atoms with van der Waals surface area (Å²) < 4.78 is 52.4. The third-order valence-electron chi connectivity index (χ3n) is 5.96. The highest BCUT2D eigenvalue weighted by Crippen LogP contribution is 2.37. The molecule has 5 rings (SSSR count). The lowest BCUT2D eigenvalue weighted by Crippen LogP contribution is -2.28. The molecule has 0 aliphatic carbocycles. The standard InChI is InChI=1S/C27H27F3N6O2/c1-16(2)14-37-15-23-34-25(32-17-6-9-22-21(13-17)36(3)11-12-38-22)18-7-8-20(33-26(18)35-23)24-19(27(28,29)30)5-4-10-31-24/h4-10,13,16H,11-12,14-15H2,1-3H3,(H,32,33,34,35). The average Bonchev–Trinajstić information content (AvgIpc) is 2.88. The number of alkyl halides is 3. The predicted octanol–water partition coefficient (Wildman–Crippen LogP) is 5.85. The number of fused-ring (bicyclic) bond motifs is 2. The molecule has 0 amide bonds. The Morgan fingerprint density at radius 2 is 1.95 bits per heavy atom. The second-order valence-electron chi connectivity index (χ2n) is 9.44. The van der Waals surface area contributed by atoms with Gasteiger partial charge in [-0.2, -0.15) is 13.2 Å². The number of aromatic nitrogens is 4. The van der Waals surface area contributed by atoms with E-state index in [4.69, 9.17) is 9.47 Å². The monoisotopic (exact) mass is 524 g/mol. The molecule has 0 spiro atoms. The van der Waals surface area contributed by atoms with Gasteiger partial charge >= 0.3 is 6.18 Å². The number of nitrogens with zero attached hydrogens (tertiary/aromatic N) is 5. The van der Waals surface area contributed by atoms with Gasteiger partial charge in [-0.25, -0.2) is 15.0 Å². The summed E-state index contributed by atoms with van der Waals surface area (Å²) in [4.78, 5) is 19.7. The van der Waals surface area contributed by atoms with Crippen LogP contribution in [0, 0.1) is 5.92 Å². The maximum absolute atomic E-state index is 13.6. The fourth-order valence-corrected chi connectivity index (χ4v) is 4.14. The van der Waals surface area contributed by atoms with Crippen LogP contribution in [-0.4, -0.2) is 46.7 Å². The van der Waals surface area contributed by atoms with E-state index in [2.05, 4.69) is 30.2 Å². The van der Waals surface area contributed by atoms with E-state index in [1.807, 2.05) is 39.1 Å². The van der Waals surface area contributed by atoms with E-state index in [0.29, 0.717) is 36.2 Å². The molecule has 0 atom stereocenters. The van der Waals surface area contributed by atoms with Crippen molar-refractivity contribution in [2.24, 2.45) is 5.92 Å². The van der Waals surface area contributed by atoms with Gasteiger partial charge in [0, 0.05) is 25.5 Å². The normalized spacial score (nSPS) is 13.5. The number of pyridine rings is 2. The Balaban J connectivity index is 1.57. The first kappa shape index (κ1) is 25.7.